The third-order valence-electron chi connectivity index (χ3n) is 3.75. The minimum Gasteiger partial charge on any atom is -0.384 e. The summed E-state index contributed by atoms with van der Waals surface area (Å²) in [4.78, 5) is 13.1. The van der Waals surface area contributed by atoms with Crippen molar-refractivity contribution < 1.29 is 0 Å². The van der Waals surface area contributed by atoms with Crippen LogP contribution >= 0.6 is 0 Å². The second-order valence-electron chi connectivity index (χ2n) is 5.08. The second-order valence-corrected chi connectivity index (χ2v) is 5.08. The first-order valence-corrected chi connectivity index (χ1v) is 6.86. The minimum atomic E-state index is 0.569. The van der Waals surface area contributed by atoms with E-state index in [0.717, 1.165) is 31.9 Å². The maximum absolute atomic E-state index is 5.63. The molecule has 0 aliphatic carbocycles. The molecular formula is C15H19N5. The van der Waals surface area contributed by atoms with E-state index in [2.05, 4.69) is 32.8 Å². The average Bonchev–Trinajstić information content (AvgIpc) is 2.49. The number of rotatable bonds is 2. The van der Waals surface area contributed by atoms with Gasteiger partial charge in [-0.15, -0.1) is 0 Å². The van der Waals surface area contributed by atoms with E-state index in [1.54, 1.807) is 0 Å². The normalized spacial score (nSPS) is 15.4. The molecule has 3 rings (SSSR count). The first-order chi connectivity index (χ1) is 9.74. The Kier molecular flexibility index (Phi) is 3.41. The van der Waals surface area contributed by atoms with Gasteiger partial charge in [-0.25, -0.2) is 4.98 Å². The molecule has 5 heteroatoms. The van der Waals surface area contributed by atoms with Crippen molar-refractivity contribution in [2.75, 3.05) is 41.7 Å². The summed E-state index contributed by atoms with van der Waals surface area (Å²) in [5.41, 5.74) is 9.29. The molecule has 5 nitrogen and oxygen atoms in total. The van der Waals surface area contributed by atoms with Crippen molar-refractivity contribution in [2.45, 2.75) is 6.92 Å². The van der Waals surface area contributed by atoms with Gasteiger partial charge in [0.25, 0.3) is 0 Å². The van der Waals surface area contributed by atoms with Gasteiger partial charge in [0.2, 0.25) is 0 Å². The summed E-state index contributed by atoms with van der Waals surface area (Å²) in [5, 5.41) is 0. The number of aryl methyl sites for hydroxylation is 1. The molecule has 0 spiro atoms. The SMILES string of the molecule is Cc1cnccc1N1CCN(c2ccc(N)nc2)CC1. The van der Waals surface area contributed by atoms with Crippen molar-refractivity contribution in [3.8, 4) is 0 Å². The van der Waals surface area contributed by atoms with Gasteiger partial charge in [-0.2, -0.15) is 0 Å². The molecule has 0 bridgehead atoms. The van der Waals surface area contributed by atoms with Crippen molar-refractivity contribution in [1.82, 2.24) is 9.97 Å². The summed E-state index contributed by atoms with van der Waals surface area (Å²) >= 11 is 0. The highest BCUT2D eigenvalue weighted by molar-refractivity contribution is 5.54. The number of anilines is 3. The van der Waals surface area contributed by atoms with E-state index in [4.69, 9.17) is 5.73 Å². The molecule has 2 aromatic rings. The highest BCUT2D eigenvalue weighted by Crippen LogP contribution is 2.22. The fourth-order valence-electron chi connectivity index (χ4n) is 2.61. The lowest BCUT2D eigenvalue weighted by Gasteiger charge is -2.37. The summed E-state index contributed by atoms with van der Waals surface area (Å²) in [6.45, 7) is 6.11. The first-order valence-electron chi connectivity index (χ1n) is 6.86. The number of nitrogen functional groups attached to an aromatic ring is 1. The van der Waals surface area contributed by atoms with Crippen LogP contribution in [0.15, 0.2) is 36.8 Å². The van der Waals surface area contributed by atoms with Crippen LogP contribution in [0.25, 0.3) is 0 Å². The number of aromatic nitrogens is 2. The number of nitrogens with two attached hydrogens (primary N) is 1. The number of pyridine rings is 2. The molecule has 0 saturated carbocycles. The minimum absolute atomic E-state index is 0.569. The summed E-state index contributed by atoms with van der Waals surface area (Å²) in [7, 11) is 0. The lowest BCUT2D eigenvalue weighted by Crippen LogP contribution is -2.46. The Bertz CT molecular complexity index is 573. The van der Waals surface area contributed by atoms with Crippen LogP contribution in [0.2, 0.25) is 0 Å². The van der Waals surface area contributed by atoms with Gasteiger partial charge in [-0.3, -0.25) is 4.98 Å². The molecule has 1 fully saturated rings. The van der Waals surface area contributed by atoms with Crippen LogP contribution in [0.1, 0.15) is 5.56 Å². The molecule has 0 amide bonds. The summed E-state index contributed by atoms with van der Waals surface area (Å²) in [6, 6.07) is 5.99. The van der Waals surface area contributed by atoms with Gasteiger partial charge in [0.15, 0.2) is 0 Å². The molecule has 2 N–H and O–H groups in total. The lowest BCUT2D eigenvalue weighted by atomic mass is 10.2. The van der Waals surface area contributed by atoms with Crippen molar-refractivity contribution >= 4 is 17.2 Å². The van der Waals surface area contributed by atoms with Crippen molar-refractivity contribution in [1.29, 1.82) is 0 Å². The Labute approximate surface area is 119 Å². The van der Waals surface area contributed by atoms with E-state index in [9.17, 15) is 0 Å². The molecular weight excluding hydrogens is 250 g/mol. The average molecular weight is 269 g/mol. The second kappa shape index (κ2) is 5.36. The largest absolute Gasteiger partial charge is 0.384 e. The van der Waals surface area contributed by atoms with Crippen molar-refractivity contribution in [3.63, 3.8) is 0 Å². The zero-order chi connectivity index (χ0) is 13.9. The standard InChI is InChI=1S/C15H19N5/c1-12-10-17-5-4-14(12)20-8-6-19(7-9-20)13-2-3-15(16)18-11-13/h2-5,10-11H,6-9H2,1H3,(H2,16,18). The third kappa shape index (κ3) is 2.52. The molecule has 104 valence electrons. The molecule has 3 heterocycles. The van der Waals surface area contributed by atoms with Crippen LogP contribution < -0.4 is 15.5 Å². The Balaban J connectivity index is 1.68. The van der Waals surface area contributed by atoms with Crippen LogP contribution in [0.5, 0.6) is 0 Å². The Morgan fingerprint density at radius 1 is 1.00 bits per heavy atom. The van der Waals surface area contributed by atoms with Gasteiger partial charge in [0.05, 0.1) is 11.9 Å². The smallest absolute Gasteiger partial charge is 0.123 e. The summed E-state index contributed by atoms with van der Waals surface area (Å²) in [6.07, 6.45) is 5.63. The van der Waals surface area contributed by atoms with E-state index in [1.165, 1.54) is 11.3 Å². The van der Waals surface area contributed by atoms with Gasteiger partial charge in [-0.1, -0.05) is 0 Å². The molecule has 2 aromatic heterocycles. The van der Waals surface area contributed by atoms with E-state index >= 15 is 0 Å². The highest BCUT2D eigenvalue weighted by atomic mass is 15.3. The molecule has 1 aliphatic rings. The molecule has 0 aromatic carbocycles. The first kappa shape index (κ1) is 12.7. The van der Waals surface area contributed by atoms with Crippen molar-refractivity contribution in [2.24, 2.45) is 0 Å². The number of piperazine rings is 1. The zero-order valence-corrected chi connectivity index (χ0v) is 11.7. The van der Waals surface area contributed by atoms with Crippen LogP contribution in [-0.4, -0.2) is 36.1 Å². The maximum Gasteiger partial charge on any atom is 0.123 e. The molecule has 0 unspecified atom stereocenters. The fraction of sp³-hybridized carbons (Fsp3) is 0.333. The van der Waals surface area contributed by atoms with Gasteiger partial charge in [0, 0.05) is 44.3 Å². The quantitative estimate of drug-likeness (QED) is 0.899. The molecule has 20 heavy (non-hydrogen) atoms. The number of hydrogen-bond donors (Lipinski definition) is 1. The Morgan fingerprint density at radius 3 is 2.40 bits per heavy atom. The predicted octanol–water partition coefficient (Wildman–Crippen LogP) is 1.69. The van der Waals surface area contributed by atoms with E-state index in [1.807, 2.05) is 30.7 Å². The van der Waals surface area contributed by atoms with Gasteiger partial charge >= 0.3 is 0 Å². The van der Waals surface area contributed by atoms with Crippen LogP contribution in [0.4, 0.5) is 17.2 Å². The molecule has 1 aliphatic heterocycles. The number of hydrogen-bond acceptors (Lipinski definition) is 5. The molecule has 1 saturated heterocycles. The van der Waals surface area contributed by atoms with Crippen LogP contribution in [0.3, 0.4) is 0 Å². The Hall–Kier alpha value is -2.30. The fourth-order valence-corrected chi connectivity index (χ4v) is 2.61. The zero-order valence-electron chi connectivity index (χ0n) is 11.7. The van der Waals surface area contributed by atoms with Crippen LogP contribution in [-0.2, 0) is 0 Å². The summed E-state index contributed by atoms with van der Waals surface area (Å²) < 4.78 is 0. The van der Waals surface area contributed by atoms with E-state index in [0.29, 0.717) is 5.82 Å². The number of nitrogens with zero attached hydrogens (tertiary/aromatic N) is 4. The van der Waals surface area contributed by atoms with Gasteiger partial charge < -0.3 is 15.5 Å². The summed E-state index contributed by atoms with van der Waals surface area (Å²) in [5.74, 6) is 0.569. The maximum atomic E-state index is 5.63. The lowest BCUT2D eigenvalue weighted by molar-refractivity contribution is 0.651. The highest BCUT2D eigenvalue weighted by Gasteiger charge is 2.18. The molecule has 0 atom stereocenters. The van der Waals surface area contributed by atoms with Crippen molar-refractivity contribution in [3.05, 3.63) is 42.4 Å². The van der Waals surface area contributed by atoms with Gasteiger partial charge in [-0.05, 0) is 30.7 Å². The predicted molar refractivity (Wildman–Crippen MR) is 82.0 cm³/mol. The van der Waals surface area contributed by atoms with Gasteiger partial charge in [0.1, 0.15) is 5.82 Å². The monoisotopic (exact) mass is 269 g/mol. The third-order valence-corrected chi connectivity index (χ3v) is 3.75. The van der Waals surface area contributed by atoms with E-state index in [-0.39, 0.29) is 0 Å². The topological polar surface area (TPSA) is 58.3 Å². The van der Waals surface area contributed by atoms with E-state index < -0.39 is 0 Å². The molecule has 0 radical (unpaired) electrons. The van der Waals surface area contributed by atoms with Crippen LogP contribution in [0, 0.1) is 6.92 Å². The Morgan fingerprint density at radius 2 is 1.75 bits per heavy atom.